The molecule has 2 nitrogen and oxygen atoms in total. The summed E-state index contributed by atoms with van der Waals surface area (Å²) < 4.78 is 0. The lowest BCUT2D eigenvalue weighted by Crippen LogP contribution is -2.27. The van der Waals surface area contributed by atoms with Gasteiger partial charge in [0.05, 0.1) is 5.69 Å². The molecule has 0 radical (unpaired) electrons. The summed E-state index contributed by atoms with van der Waals surface area (Å²) in [6.07, 6.45) is 1.29. The highest BCUT2D eigenvalue weighted by Crippen LogP contribution is 2.22. The molecule has 1 aliphatic heterocycles. The maximum atomic E-state index is 4.69. The van der Waals surface area contributed by atoms with Crippen LogP contribution in [0.3, 0.4) is 0 Å². The quantitative estimate of drug-likeness (QED) is 0.926. The Morgan fingerprint density at radius 1 is 1.28 bits per heavy atom. The van der Waals surface area contributed by atoms with E-state index in [1.807, 2.05) is 17.8 Å². The summed E-state index contributed by atoms with van der Waals surface area (Å²) in [7, 11) is 0. The van der Waals surface area contributed by atoms with Crippen molar-refractivity contribution >= 4 is 23.1 Å². The summed E-state index contributed by atoms with van der Waals surface area (Å²) in [5, 5.41) is 6.92. The van der Waals surface area contributed by atoms with Gasteiger partial charge in [0, 0.05) is 29.3 Å². The second kappa shape index (κ2) is 5.87. The number of hydrogen-bond acceptors (Lipinski definition) is 4. The number of thioether (sulfide) groups is 1. The molecule has 0 bridgehead atoms. The molecule has 1 fully saturated rings. The van der Waals surface area contributed by atoms with E-state index in [9.17, 15) is 0 Å². The summed E-state index contributed by atoms with van der Waals surface area (Å²) in [6.45, 7) is 0.905. The first-order chi connectivity index (χ1) is 8.92. The summed E-state index contributed by atoms with van der Waals surface area (Å²) in [5.41, 5.74) is 2.30. The van der Waals surface area contributed by atoms with Gasteiger partial charge < -0.3 is 5.32 Å². The average molecular weight is 276 g/mol. The summed E-state index contributed by atoms with van der Waals surface area (Å²) >= 11 is 3.79. The molecule has 1 unspecified atom stereocenters. The van der Waals surface area contributed by atoms with Crippen LogP contribution in [0.4, 0.5) is 0 Å². The van der Waals surface area contributed by atoms with E-state index in [-0.39, 0.29) is 0 Å². The minimum Gasteiger partial charge on any atom is -0.307 e. The van der Waals surface area contributed by atoms with Gasteiger partial charge in [0.2, 0.25) is 0 Å². The van der Waals surface area contributed by atoms with E-state index in [0.717, 1.165) is 12.2 Å². The van der Waals surface area contributed by atoms with Crippen LogP contribution in [0.15, 0.2) is 35.7 Å². The minimum absolute atomic E-state index is 0.680. The van der Waals surface area contributed by atoms with Crippen LogP contribution in [-0.4, -0.2) is 22.5 Å². The van der Waals surface area contributed by atoms with E-state index in [0.29, 0.717) is 6.04 Å². The predicted molar refractivity (Wildman–Crippen MR) is 80.1 cm³/mol. The fourth-order valence-electron chi connectivity index (χ4n) is 2.06. The zero-order valence-electron chi connectivity index (χ0n) is 10.1. The third kappa shape index (κ3) is 2.94. The first-order valence-electron chi connectivity index (χ1n) is 6.23. The Labute approximate surface area is 116 Å². The first kappa shape index (κ1) is 12.2. The predicted octanol–water partition coefficient (Wildman–Crippen LogP) is 3.41. The maximum absolute atomic E-state index is 4.69. The van der Waals surface area contributed by atoms with Gasteiger partial charge in [0.1, 0.15) is 5.01 Å². The van der Waals surface area contributed by atoms with Crippen molar-refractivity contribution in [1.29, 1.82) is 0 Å². The average Bonchev–Trinajstić information content (AvgIpc) is 3.09. The highest BCUT2D eigenvalue weighted by Gasteiger charge is 2.15. The molecule has 94 valence electrons. The van der Waals surface area contributed by atoms with Crippen LogP contribution in [0.1, 0.15) is 11.4 Å². The number of nitrogens with zero attached hydrogens (tertiary/aromatic N) is 1. The molecule has 0 aliphatic carbocycles. The van der Waals surface area contributed by atoms with Gasteiger partial charge in [-0.05, 0) is 12.2 Å². The number of aromatic nitrogens is 1. The van der Waals surface area contributed by atoms with E-state index >= 15 is 0 Å². The number of rotatable bonds is 4. The van der Waals surface area contributed by atoms with Crippen molar-refractivity contribution < 1.29 is 0 Å². The van der Waals surface area contributed by atoms with Crippen LogP contribution in [-0.2, 0) is 6.54 Å². The zero-order chi connectivity index (χ0) is 12.2. The second-order valence-electron chi connectivity index (χ2n) is 4.43. The molecule has 0 saturated carbocycles. The van der Waals surface area contributed by atoms with Crippen LogP contribution < -0.4 is 5.32 Å². The Morgan fingerprint density at radius 3 is 2.94 bits per heavy atom. The van der Waals surface area contributed by atoms with Gasteiger partial charge in [-0.1, -0.05) is 30.3 Å². The first-order valence-corrected chi connectivity index (χ1v) is 8.26. The Bertz CT molecular complexity index is 490. The molecule has 18 heavy (non-hydrogen) atoms. The smallest absolute Gasteiger partial charge is 0.107 e. The number of thiazole rings is 1. The number of benzene rings is 1. The van der Waals surface area contributed by atoms with Gasteiger partial charge in [0.15, 0.2) is 0 Å². The fraction of sp³-hybridized carbons (Fsp3) is 0.357. The molecule has 1 saturated heterocycles. The number of nitrogens with one attached hydrogen (secondary N) is 1. The van der Waals surface area contributed by atoms with Crippen LogP contribution in [0.25, 0.3) is 11.3 Å². The molecule has 1 aromatic carbocycles. The molecular formula is C14H16N2S2. The Kier molecular flexibility index (Phi) is 3.98. The zero-order valence-corrected chi connectivity index (χ0v) is 11.8. The normalized spacial score (nSPS) is 19.2. The summed E-state index contributed by atoms with van der Waals surface area (Å²) in [5.74, 6) is 2.54. The largest absolute Gasteiger partial charge is 0.307 e. The lowest BCUT2D eigenvalue weighted by molar-refractivity contribution is 0.557. The molecule has 0 spiro atoms. The van der Waals surface area contributed by atoms with Crippen LogP contribution >= 0.6 is 23.1 Å². The van der Waals surface area contributed by atoms with Gasteiger partial charge in [-0.3, -0.25) is 0 Å². The van der Waals surface area contributed by atoms with Crippen molar-refractivity contribution in [1.82, 2.24) is 10.3 Å². The number of hydrogen-bond donors (Lipinski definition) is 1. The molecule has 3 rings (SSSR count). The molecule has 0 amide bonds. The Hall–Kier alpha value is -0.840. The lowest BCUT2D eigenvalue weighted by Gasteiger charge is -2.08. The van der Waals surface area contributed by atoms with E-state index in [4.69, 9.17) is 4.98 Å². The van der Waals surface area contributed by atoms with E-state index in [1.165, 1.54) is 28.5 Å². The molecular weight excluding hydrogens is 260 g/mol. The fourth-order valence-corrected chi connectivity index (χ4v) is 4.00. The minimum atomic E-state index is 0.680. The van der Waals surface area contributed by atoms with Crippen LogP contribution in [0.2, 0.25) is 0 Å². The van der Waals surface area contributed by atoms with Gasteiger partial charge in [-0.15, -0.1) is 11.3 Å². The van der Waals surface area contributed by atoms with Crippen LogP contribution in [0.5, 0.6) is 0 Å². The van der Waals surface area contributed by atoms with Gasteiger partial charge in [-0.2, -0.15) is 11.8 Å². The van der Waals surface area contributed by atoms with Gasteiger partial charge >= 0.3 is 0 Å². The molecule has 2 aromatic rings. The van der Waals surface area contributed by atoms with Gasteiger partial charge in [-0.25, -0.2) is 4.98 Å². The van der Waals surface area contributed by atoms with Crippen molar-refractivity contribution in [3.05, 3.63) is 40.7 Å². The topological polar surface area (TPSA) is 24.9 Å². The second-order valence-corrected chi connectivity index (χ2v) is 6.53. The van der Waals surface area contributed by atoms with Crippen LogP contribution in [0, 0.1) is 0 Å². The maximum Gasteiger partial charge on any atom is 0.107 e. The molecule has 2 heterocycles. The standard InChI is InChI=1S/C14H16N2S2/c1-2-4-11(5-3-1)13-10-18-14(16-13)8-15-12-6-7-17-9-12/h1-5,10,12,15H,6-9H2. The van der Waals surface area contributed by atoms with Crippen molar-refractivity contribution in [2.45, 2.75) is 19.0 Å². The third-order valence-electron chi connectivity index (χ3n) is 3.09. The van der Waals surface area contributed by atoms with Crippen molar-refractivity contribution in [3.8, 4) is 11.3 Å². The Morgan fingerprint density at radius 2 is 2.17 bits per heavy atom. The monoisotopic (exact) mass is 276 g/mol. The third-order valence-corrected chi connectivity index (χ3v) is 5.10. The lowest BCUT2D eigenvalue weighted by atomic mass is 10.2. The van der Waals surface area contributed by atoms with E-state index in [2.05, 4.69) is 35.0 Å². The summed E-state index contributed by atoms with van der Waals surface area (Å²) in [4.78, 5) is 4.69. The Balaban J connectivity index is 1.63. The highest BCUT2D eigenvalue weighted by molar-refractivity contribution is 7.99. The molecule has 1 aromatic heterocycles. The van der Waals surface area contributed by atoms with Crippen molar-refractivity contribution in [2.24, 2.45) is 0 Å². The van der Waals surface area contributed by atoms with Crippen molar-refractivity contribution in [3.63, 3.8) is 0 Å². The highest BCUT2D eigenvalue weighted by atomic mass is 32.2. The van der Waals surface area contributed by atoms with E-state index in [1.54, 1.807) is 11.3 Å². The van der Waals surface area contributed by atoms with E-state index < -0.39 is 0 Å². The van der Waals surface area contributed by atoms with Crippen molar-refractivity contribution in [2.75, 3.05) is 11.5 Å². The molecule has 4 heteroatoms. The molecule has 1 atom stereocenters. The molecule has 1 N–H and O–H groups in total. The molecule has 1 aliphatic rings. The van der Waals surface area contributed by atoms with Gasteiger partial charge in [0.25, 0.3) is 0 Å². The summed E-state index contributed by atoms with van der Waals surface area (Å²) in [6, 6.07) is 11.1. The SMILES string of the molecule is c1ccc(-c2csc(CNC3CCSC3)n2)cc1.